The van der Waals surface area contributed by atoms with E-state index in [1.165, 1.54) is 33.9 Å². The van der Waals surface area contributed by atoms with E-state index < -0.39 is 113 Å². The van der Waals surface area contributed by atoms with E-state index >= 15 is 0 Å². The summed E-state index contributed by atoms with van der Waals surface area (Å²) in [4.78, 5) is 0. The Bertz CT molecular complexity index is 2560. The summed E-state index contributed by atoms with van der Waals surface area (Å²) in [5, 5.41) is 35.8. The fraction of sp³-hybridized carbons (Fsp3) is 0.780. The Morgan fingerprint density at radius 2 is 0.538 bits per heavy atom. The smallest absolute Gasteiger partial charge is 0.876 e. The molecule has 0 amide bonds. The number of hydrogen-bond donors (Lipinski definition) is 0. The molecule has 1 atom stereocenters. The molecule has 0 N–H and O–H groups in total. The molecule has 0 aliphatic carbocycles. The molecule has 0 radical (unpaired) electrons. The van der Waals surface area contributed by atoms with E-state index in [1.54, 1.807) is 50.9 Å². The third kappa shape index (κ3) is 39.6. The summed E-state index contributed by atoms with van der Waals surface area (Å²) in [7, 11) is -20.3. The molecule has 2 aromatic rings. The quantitative estimate of drug-likeness (QED) is 0.0327. The molecule has 1 unspecified atom stereocenters. The minimum Gasteiger partial charge on any atom is -0.876 e. The second-order valence-corrected chi connectivity index (χ2v) is 125. The number of unbranched alkanes of at least 4 members (excludes halogenated alkanes) is 3. The van der Waals surface area contributed by atoms with Crippen molar-refractivity contribution in [2.75, 3.05) is 26.4 Å². The van der Waals surface area contributed by atoms with Gasteiger partial charge in [0, 0.05) is 140 Å². The van der Waals surface area contributed by atoms with Crippen LogP contribution >= 0.6 is 16.4 Å². The Balaban J connectivity index is -0.000000509. The van der Waals surface area contributed by atoms with Crippen molar-refractivity contribution in [3.8, 4) is 0 Å². The molecule has 0 fully saturated rings. The molecule has 0 saturated carbocycles. The van der Waals surface area contributed by atoms with Crippen molar-refractivity contribution in [2.45, 2.75) is 387 Å². The summed E-state index contributed by atoms with van der Waals surface area (Å²) >= 11 is 0. The van der Waals surface area contributed by atoms with Crippen LogP contribution in [0.5, 0.6) is 0 Å². The van der Waals surface area contributed by atoms with Crippen molar-refractivity contribution in [1.82, 2.24) is 0 Å². The van der Waals surface area contributed by atoms with Gasteiger partial charge in [-0.2, -0.15) is 0 Å². The van der Waals surface area contributed by atoms with Gasteiger partial charge in [0.25, 0.3) is 0 Å². The molecular weight excluding hydrogens is 1520 g/mol. The molecular formula is C82H179Li2O4P2Si14+. The molecule has 0 aliphatic heterocycles. The fourth-order valence-electron chi connectivity index (χ4n) is 19.3. The number of ether oxygens (including phenoxy) is 2. The van der Waals surface area contributed by atoms with Crippen LogP contribution in [-0.4, -0.2) is 151 Å². The van der Waals surface area contributed by atoms with Crippen LogP contribution < -0.4 is 58.5 Å². The standard InChI is InChI=1S/2C34H73OPSi7.C6H14.2C4H10O.2Li/c2*1-26(35)30(37(2,3)4)25-36-31-28(33(40(11,12)13)41(14,15)16)23-27(32(38(5,6)7)39(8,9)10)24-29(31)34(42(17,18)19)43(20,21)22;1-3-5-6-4-2;2*1-3-5-4-2;;/h2*23-25,32-35H,1-22H3;3-6H2,1-2H3;2*3-4H2,1-2H3;;/q;;;;;2*+1/p-1/b2*30-26+;;;;;. The number of hydrogen-bond acceptors (Lipinski definition) is 4. The van der Waals surface area contributed by atoms with E-state index in [4.69, 9.17) is 9.47 Å². The van der Waals surface area contributed by atoms with E-state index in [9.17, 15) is 10.2 Å². The van der Waals surface area contributed by atoms with Crippen molar-refractivity contribution >= 4 is 152 Å². The van der Waals surface area contributed by atoms with Gasteiger partial charge >= 0.3 is 37.7 Å². The maximum Gasteiger partial charge on any atom is 1.00 e. The van der Waals surface area contributed by atoms with Gasteiger partial charge in [-0.25, -0.2) is 0 Å². The first-order chi connectivity index (χ1) is 45.0. The molecule has 0 heterocycles. The van der Waals surface area contributed by atoms with Gasteiger partial charge < -0.3 is 19.7 Å². The zero-order valence-corrected chi connectivity index (χ0v) is 96.1. The third-order valence-electron chi connectivity index (χ3n) is 19.5. The van der Waals surface area contributed by atoms with Crippen LogP contribution in [0.2, 0.25) is 275 Å². The second-order valence-electron chi connectivity index (χ2n) is 45.4. The molecule has 2 rings (SSSR count). The molecule has 598 valence electrons. The molecule has 104 heavy (non-hydrogen) atoms. The number of allylic oxidation sites excluding steroid dienone is 4. The minimum atomic E-state index is -1.77. The monoisotopic (exact) mass is 1700 g/mol. The summed E-state index contributed by atoms with van der Waals surface area (Å²) in [6, 6.07) is 11.2. The molecule has 0 aliphatic rings. The summed E-state index contributed by atoms with van der Waals surface area (Å²) in [6.07, 6.45) is 5.54. The van der Waals surface area contributed by atoms with Gasteiger partial charge in [-0.05, 0) is 91.9 Å². The Morgan fingerprint density at radius 3 is 0.702 bits per heavy atom. The molecule has 4 nitrogen and oxygen atoms in total. The Morgan fingerprint density at radius 1 is 0.337 bits per heavy atom. The molecule has 0 aromatic heterocycles. The van der Waals surface area contributed by atoms with Crippen LogP contribution in [0.3, 0.4) is 0 Å². The van der Waals surface area contributed by atoms with Crippen LogP contribution in [0.1, 0.15) is 145 Å². The van der Waals surface area contributed by atoms with Gasteiger partial charge in [-0.3, -0.25) is 0 Å². The van der Waals surface area contributed by atoms with Crippen molar-refractivity contribution < 1.29 is 57.4 Å². The van der Waals surface area contributed by atoms with Gasteiger partial charge in [-0.15, -0.1) is 11.5 Å². The van der Waals surface area contributed by atoms with E-state index in [0.29, 0.717) is 34.6 Å². The van der Waals surface area contributed by atoms with E-state index in [-0.39, 0.29) is 43.5 Å². The molecule has 0 bridgehead atoms. The SMILES string of the molecule is C/C([O-])=C(/C=Pc1c(C([Si](C)(C)C)[Si](C)(C)C)cc(C([Si](C)(C)C)[Si](C)(C)C)cc1C([Si](C)(C)C)[Si](C)(C)C)[Si](C)(C)C.C/C([O-])=C(/C=[PH+]c1c(C([Si](C)(C)C)[Si](C)(C)C)cc(C([Si](C)(C)C)[Si](C)(C)C)cc1C([Si](C)(C)C)[Si](C)(C)C)[Si](C)(C)C.CCCCCC.CCOCC.CCOCC.[Li+].[Li+]. The molecule has 0 spiro atoms. The third-order valence-corrected chi connectivity index (χ3v) is 82.5. The normalized spacial score (nSPS) is 14.3. The average Bonchev–Trinajstić information content (AvgIpc) is 0.741. The van der Waals surface area contributed by atoms with Crippen LogP contribution in [0, 0.1) is 0 Å². The van der Waals surface area contributed by atoms with Gasteiger partial charge in [0.1, 0.15) is 14.0 Å². The minimum absolute atomic E-state index is 0. The summed E-state index contributed by atoms with van der Waals surface area (Å²) in [5.74, 6) is 5.41. The van der Waals surface area contributed by atoms with Gasteiger partial charge in [-0.1, -0.05) is 366 Å². The van der Waals surface area contributed by atoms with E-state index in [0.717, 1.165) is 47.1 Å². The maximum atomic E-state index is 13.1. The Labute approximate surface area is 695 Å². The number of benzene rings is 2. The van der Waals surface area contributed by atoms with Gasteiger partial charge in [0.15, 0.2) is 5.30 Å². The van der Waals surface area contributed by atoms with E-state index in [2.05, 4.69) is 325 Å². The zero-order chi connectivity index (χ0) is 82.1. The zero-order valence-electron chi connectivity index (χ0n) is 80.2. The summed E-state index contributed by atoms with van der Waals surface area (Å²) in [5.41, 5.74) is 10.2. The topological polar surface area (TPSA) is 64.6 Å². The first-order valence-corrected chi connectivity index (χ1v) is 92.4. The van der Waals surface area contributed by atoms with Crippen LogP contribution in [0.25, 0.3) is 0 Å². The largest absolute Gasteiger partial charge is 1.00 e. The summed E-state index contributed by atoms with van der Waals surface area (Å²) < 4.78 is 9.67. The van der Waals surface area contributed by atoms with Crippen LogP contribution in [0.15, 0.2) is 46.2 Å². The van der Waals surface area contributed by atoms with Crippen LogP contribution in [-0.2, 0) is 9.47 Å². The second kappa shape index (κ2) is 45.5. The maximum absolute atomic E-state index is 13.1. The Kier molecular flexibility index (Phi) is 50.1. The molecule has 22 heteroatoms. The van der Waals surface area contributed by atoms with Crippen molar-refractivity contribution in [1.29, 1.82) is 0 Å². The van der Waals surface area contributed by atoms with Gasteiger partial charge in [0.05, 0.1) is 16.1 Å². The van der Waals surface area contributed by atoms with E-state index in [1.807, 2.05) is 34.6 Å². The molecule has 0 saturated heterocycles. The van der Waals surface area contributed by atoms with Crippen molar-refractivity contribution in [3.63, 3.8) is 0 Å². The van der Waals surface area contributed by atoms with Crippen LogP contribution in [0.4, 0.5) is 0 Å². The summed E-state index contributed by atoms with van der Waals surface area (Å²) in [6.45, 7) is 128. The Hall–Kier alpha value is 2.01. The van der Waals surface area contributed by atoms with Gasteiger partial charge in [0.2, 0.25) is 0 Å². The first-order valence-electron chi connectivity index (χ1n) is 40.4. The fourth-order valence-corrected chi connectivity index (χ4v) is 105. The predicted octanol–water partition coefficient (Wildman–Crippen LogP) is 20.6. The predicted molar refractivity (Wildman–Crippen MR) is 522 cm³/mol. The first kappa shape index (κ1) is 115. The number of rotatable bonds is 31. The average molecular weight is 1700 g/mol. The van der Waals surface area contributed by atoms with Crippen molar-refractivity contribution in [2.24, 2.45) is 0 Å². The molecule has 2 aromatic carbocycles. The van der Waals surface area contributed by atoms with Crippen molar-refractivity contribution in [3.05, 3.63) is 79.6 Å².